The van der Waals surface area contributed by atoms with Crippen molar-refractivity contribution in [2.24, 2.45) is 10.2 Å². The number of H-pyrrole nitrogens is 1. The molecule has 2 N–H and O–H groups in total. The first-order chi connectivity index (χ1) is 10.5. The van der Waals surface area contributed by atoms with Crippen molar-refractivity contribution >= 4 is 33.9 Å². The number of aromatic nitrogens is 1. The highest BCUT2D eigenvalue weighted by Crippen LogP contribution is 2.38. The lowest BCUT2D eigenvalue weighted by atomic mass is 10.1. The van der Waals surface area contributed by atoms with E-state index in [2.05, 4.69) is 21.3 Å². The second-order valence-corrected chi connectivity index (χ2v) is 5.87. The molecule has 4 nitrogen and oxygen atoms in total. The third-order valence-corrected chi connectivity index (χ3v) is 4.03. The van der Waals surface area contributed by atoms with E-state index in [0.29, 0.717) is 16.4 Å². The second kappa shape index (κ2) is 5.46. The Morgan fingerprint density at radius 2 is 1.77 bits per heavy atom. The first-order valence-electron chi connectivity index (χ1n) is 6.95. The molecular weight excluding hydrogens is 298 g/mol. The van der Waals surface area contributed by atoms with Gasteiger partial charge in [-0.15, -0.1) is 5.11 Å². The molecule has 0 aliphatic rings. The molecule has 0 amide bonds. The smallest absolute Gasteiger partial charge is 0.218 e. The van der Waals surface area contributed by atoms with Gasteiger partial charge in [-0.1, -0.05) is 29.3 Å². The van der Waals surface area contributed by atoms with E-state index in [-0.39, 0.29) is 5.88 Å². The largest absolute Gasteiger partial charge is 0.493 e. The highest BCUT2D eigenvalue weighted by atomic mass is 35.5. The summed E-state index contributed by atoms with van der Waals surface area (Å²) < 4.78 is 0. The molecule has 1 heterocycles. The van der Waals surface area contributed by atoms with Crippen molar-refractivity contribution in [2.75, 3.05) is 0 Å². The Morgan fingerprint density at radius 1 is 1.00 bits per heavy atom. The average molecular weight is 314 g/mol. The number of rotatable bonds is 2. The van der Waals surface area contributed by atoms with Gasteiger partial charge in [0, 0.05) is 10.4 Å². The third kappa shape index (κ3) is 2.57. The summed E-state index contributed by atoms with van der Waals surface area (Å²) in [6.07, 6.45) is 0. The van der Waals surface area contributed by atoms with Crippen LogP contribution in [0.25, 0.3) is 10.9 Å². The van der Waals surface area contributed by atoms with Gasteiger partial charge in [0.15, 0.2) is 5.69 Å². The molecule has 5 heteroatoms. The zero-order valence-corrected chi connectivity index (χ0v) is 13.4. The number of nitrogens with one attached hydrogen (secondary N) is 1. The van der Waals surface area contributed by atoms with Gasteiger partial charge in [0.2, 0.25) is 5.88 Å². The number of aromatic hydroxyl groups is 1. The van der Waals surface area contributed by atoms with Gasteiger partial charge in [-0.2, -0.15) is 5.11 Å². The van der Waals surface area contributed by atoms with Gasteiger partial charge in [-0.3, -0.25) is 0 Å². The molecule has 0 aliphatic heterocycles. The number of aromatic amines is 1. The van der Waals surface area contributed by atoms with Crippen LogP contribution in [0.5, 0.6) is 5.88 Å². The molecule has 1 aromatic heterocycles. The maximum absolute atomic E-state index is 10.1. The number of azo groups is 1. The molecule has 0 saturated carbocycles. The van der Waals surface area contributed by atoms with E-state index in [9.17, 15) is 5.11 Å². The van der Waals surface area contributed by atoms with Crippen LogP contribution in [0.4, 0.5) is 11.4 Å². The van der Waals surface area contributed by atoms with Crippen LogP contribution in [0.3, 0.4) is 0 Å². The standard InChI is InChI=1S/C17H16ClN3O/c1-9-6-11(3)15-13(7-9)16(17(22)19-15)21-20-12-5-4-10(2)14(18)8-12/h4-8,19,22H,1-3H3. The SMILES string of the molecule is Cc1cc(C)c2[nH]c(O)c(N=Nc3ccc(C)c(Cl)c3)c2c1. The maximum Gasteiger partial charge on any atom is 0.218 e. The second-order valence-electron chi connectivity index (χ2n) is 5.46. The van der Waals surface area contributed by atoms with Crippen molar-refractivity contribution in [1.29, 1.82) is 0 Å². The summed E-state index contributed by atoms with van der Waals surface area (Å²) >= 11 is 6.09. The molecule has 0 saturated heterocycles. The number of aryl methyl sites for hydroxylation is 3. The van der Waals surface area contributed by atoms with Crippen molar-refractivity contribution in [1.82, 2.24) is 4.98 Å². The van der Waals surface area contributed by atoms with Gasteiger partial charge in [0.25, 0.3) is 0 Å². The molecule has 0 bridgehead atoms. The molecule has 3 aromatic rings. The Balaban J connectivity index is 2.08. The molecule has 2 aromatic carbocycles. The predicted octanol–water partition coefficient (Wildman–Crippen LogP) is 5.87. The molecule has 0 aliphatic carbocycles. The maximum atomic E-state index is 10.1. The molecule has 112 valence electrons. The van der Waals surface area contributed by atoms with Crippen LogP contribution in [0.2, 0.25) is 5.02 Å². The topological polar surface area (TPSA) is 60.7 Å². The summed E-state index contributed by atoms with van der Waals surface area (Å²) in [5.74, 6) is 0.0191. The number of nitrogens with zero attached hydrogens (tertiary/aromatic N) is 2. The lowest BCUT2D eigenvalue weighted by Crippen LogP contribution is -1.78. The lowest BCUT2D eigenvalue weighted by molar-refractivity contribution is 0.459. The first kappa shape index (κ1) is 14.6. The Bertz CT molecular complexity index is 897. The van der Waals surface area contributed by atoms with Crippen LogP contribution in [0.1, 0.15) is 16.7 Å². The molecule has 0 spiro atoms. The van der Waals surface area contributed by atoms with E-state index >= 15 is 0 Å². The fraction of sp³-hybridized carbons (Fsp3) is 0.176. The van der Waals surface area contributed by atoms with Gasteiger partial charge < -0.3 is 10.1 Å². The van der Waals surface area contributed by atoms with Crippen molar-refractivity contribution < 1.29 is 5.11 Å². The van der Waals surface area contributed by atoms with E-state index in [4.69, 9.17) is 11.6 Å². The van der Waals surface area contributed by atoms with Crippen molar-refractivity contribution in [2.45, 2.75) is 20.8 Å². The number of hydrogen-bond donors (Lipinski definition) is 2. The van der Waals surface area contributed by atoms with Crippen LogP contribution in [0.15, 0.2) is 40.6 Å². The summed E-state index contributed by atoms with van der Waals surface area (Å²) in [4.78, 5) is 2.96. The predicted molar refractivity (Wildman–Crippen MR) is 89.8 cm³/mol. The first-order valence-corrected chi connectivity index (χ1v) is 7.33. The summed E-state index contributed by atoms with van der Waals surface area (Å²) in [6, 6.07) is 9.52. The van der Waals surface area contributed by atoms with Gasteiger partial charge in [0.05, 0.1) is 11.2 Å². The zero-order chi connectivity index (χ0) is 15.9. The average Bonchev–Trinajstić information content (AvgIpc) is 2.77. The number of hydrogen-bond acceptors (Lipinski definition) is 3. The number of fused-ring (bicyclic) bond motifs is 1. The summed E-state index contributed by atoms with van der Waals surface area (Å²) in [5, 5.41) is 20.0. The third-order valence-electron chi connectivity index (χ3n) is 3.62. The molecule has 0 fully saturated rings. The van der Waals surface area contributed by atoms with Crippen LogP contribution in [-0.4, -0.2) is 10.1 Å². The lowest BCUT2D eigenvalue weighted by Gasteiger charge is -1.99. The monoisotopic (exact) mass is 313 g/mol. The van der Waals surface area contributed by atoms with Gasteiger partial charge >= 0.3 is 0 Å². The minimum atomic E-state index is 0.0191. The van der Waals surface area contributed by atoms with E-state index in [1.54, 1.807) is 6.07 Å². The van der Waals surface area contributed by atoms with E-state index in [1.807, 2.05) is 39.0 Å². The Kier molecular flexibility index (Phi) is 3.62. The molecule has 22 heavy (non-hydrogen) atoms. The van der Waals surface area contributed by atoms with Gasteiger partial charge in [-0.05, 0) is 50.1 Å². The Labute approximate surface area is 133 Å². The molecular formula is C17H16ClN3O. The molecule has 3 rings (SSSR count). The summed E-state index contributed by atoms with van der Waals surface area (Å²) in [5.41, 5.74) is 5.12. The van der Waals surface area contributed by atoms with Crippen molar-refractivity contribution in [3.8, 4) is 5.88 Å². The zero-order valence-electron chi connectivity index (χ0n) is 12.6. The van der Waals surface area contributed by atoms with E-state index in [0.717, 1.165) is 27.6 Å². The van der Waals surface area contributed by atoms with Crippen LogP contribution in [-0.2, 0) is 0 Å². The fourth-order valence-electron chi connectivity index (χ4n) is 2.48. The van der Waals surface area contributed by atoms with E-state index in [1.165, 1.54) is 0 Å². The molecule has 0 radical (unpaired) electrons. The van der Waals surface area contributed by atoms with E-state index < -0.39 is 0 Å². The highest BCUT2D eigenvalue weighted by molar-refractivity contribution is 6.31. The van der Waals surface area contributed by atoms with Crippen LogP contribution >= 0.6 is 11.6 Å². The normalized spacial score (nSPS) is 11.6. The highest BCUT2D eigenvalue weighted by Gasteiger charge is 2.12. The van der Waals surface area contributed by atoms with Crippen LogP contribution in [0, 0.1) is 20.8 Å². The Hall–Kier alpha value is -2.33. The number of halogens is 1. The number of benzene rings is 2. The molecule has 0 atom stereocenters. The molecule has 0 unspecified atom stereocenters. The van der Waals surface area contributed by atoms with Crippen molar-refractivity contribution in [3.63, 3.8) is 0 Å². The minimum absolute atomic E-state index is 0.0191. The minimum Gasteiger partial charge on any atom is -0.493 e. The summed E-state index contributed by atoms with van der Waals surface area (Å²) in [7, 11) is 0. The van der Waals surface area contributed by atoms with Gasteiger partial charge in [0.1, 0.15) is 0 Å². The summed E-state index contributed by atoms with van der Waals surface area (Å²) in [6.45, 7) is 5.93. The van der Waals surface area contributed by atoms with Crippen LogP contribution < -0.4 is 0 Å². The fourth-order valence-corrected chi connectivity index (χ4v) is 2.65. The van der Waals surface area contributed by atoms with Gasteiger partial charge in [-0.25, -0.2) is 0 Å². The van der Waals surface area contributed by atoms with Crippen molar-refractivity contribution in [3.05, 3.63) is 52.0 Å². The Morgan fingerprint density at radius 3 is 2.50 bits per heavy atom. The quantitative estimate of drug-likeness (QED) is 0.571.